The lowest BCUT2D eigenvalue weighted by atomic mass is 10.1. The van der Waals surface area contributed by atoms with Crippen molar-refractivity contribution >= 4 is 17.5 Å². The summed E-state index contributed by atoms with van der Waals surface area (Å²) in [5.41, 5.74) is -0.163. The Hall–Kier alpha value is -2.19. The van der Waals surface area contributed by atoms with E-state index in [1.54, 1.807) is 0 Å². The van der Waals surface area contributed by atoms with Crippen LogP contribution >= 0.6 is 0 Å². The number of likely N-dealkylation sites (tertiary alicyclic amines) is 1. The molecule has 1 fully saturated rings. The van der Waals surface area contributed by atoms with E-state index in [4.69, 9.17) is 0 Å². The first kappa shape index (κ1) is 16.2. The topological polar surface area (TPSA) is 49.4 Å². The minimum atomic E-state index is -4.55. The van der Waals surface area contributed by atoms with Gasteiger partial charge in [0.05, 0.1) is 5.92 Å². The maximum atomic E-state index is 13.0. The molecule has 0 spiro atoms. The van der Waals surface area contributed by atoms with Crippen LogP contribution in [0.2, 0.25) is 0 Å². The second-order valence-electron chi connectivity index (χ2n) is 4.94. The Labute approximate surface area is 121 Å². The molecule has 1 aromatic carbocycles. The second-order valence-corrected chi connectivity index (χ2v) is 4.94. The van der Waals surface area contributed by atoms with E-state index < -0.39 is 42.1 Å². The number of rotatable bonds is 3. The summed E-state index contributed by atoms with van der Waals surface area (Å²) in [6.45, 7) is -1.81. The van der Waals surface area contributed by atoms with Gasteiger partial charge in [0.1, 0.15) is 18.2 Å². The number of hydrogen-bond donors (Lipinski definition) is 1. The fourth-order valence-electron chi connectivity index (χ4n) is 2.19. The highest BCUT2D eigenvalue weighted by Gasteiger charge is 2.40. The van der Waals surface area contributed by atoms with Gasteiger partial charge in [-0.2, -0.15) is 13.2 Å². The van der Waals surface area contributed by atoms with Gasteiger partial charge in [0.15, 0.2) is 0 Å². The van der Waals surface area contributed by atoms with Crippen LogP contribution < -0.4 is 5.32 Å². The van der Waals surface area contributed by atoms with Crippen LogP contribution in [0.5, 0.6) is 0 Å². The molecule has 1 aliphatic heterocycles. The molecule has 0 radical (unpaired) electrons. The zero-order chi connectivity index (χ0) is 16.5. The van der Waals surface area contributed by atoms with E-state index in [1.165, 1.54) is 0 Å². The van der Waals surface area contributed by atoms with Crippen molar-refractivity contribution in [2.24, 2.45) is 5.92 Å². The first-order valence-corrected chi connectivity index (χ1v) is 6.25. The van der Waals surface area contributed by atoms with Gasteiger partial charge in [-0.3, -0.25) is 9.59 Å². The number of amides is 2. The molecule has 0 unspecified atom stereocenters. The Kier molecular flexibility index (Phi) is 4.34. The van der Waals surface area contributed by atoms with E-state index in [-0.39, 0.29) is 18.7 Å². The average Bonchev–Trinajstić information content (AvgIpc) is 2.67. The van der Waals surface area contributed by atoms with Crippen LogP contribution in [0.1, 0.15) is 6.42 Å². The van der Waals surface area contributed by atoms with Gasteiger partial charge in [-0.05, 0) is 12.1 Å². The summed E-state index contributed by atoms with van der Waals surface area (Å²) >= 11 is 0. The lowest BCUT2D eigenvalue weighted by Gasteiger charge is -2.18. The van der Waals surface area contributed by atoms with Crippen molar-refractivity contribution in [2.45, 2.75) is 12.6 Å². The monoisotopic (exact) mass is 322 g/mol. The third-order valence-corrected chi connectivity index (χ3v) is 3.09. The Bertz CT molecular complexity index is 582. The second kappa shape index (κ2) is 5.90. The fraction of sp³-hybridized carbons (Fsp3) is 0.385. The Morgan fingerprint density at radius 2 is 1.82 bits per heavy atom. The molecule has 0 aromatic heterocycles. The third-order valence-electron chi connectivity index (χ3n) is 3.09. The van der Waals surface area contributed by atoms with Crippen LogP contribution in [0.3, 0.4) is 0 Å². The van der Waals surface area contributed by atoms with Gasteiger partial charge >= 0.3 is 6.18 Å². The van der Waals surface area contributed by atoms with Gasteiger partial charge in [-0.25, -0.2) is 8.78 Å². The highest BCUT2D eigenvalue weighted by Crippen LogP contribution is 2.25. The number of alkyl halides is 3. The summed E-state index contributed by atoms with van der Waals surface area (Å²) in [6.07, 6.45) is -4.92. The van der Waals surface area contributed by atoms with Crippen LogP contribution in [0, 0.1) is 17.6 Å². The molecule has 1 saturated heterocycles. The Balaban J connectivity index is 2.00. The number of carbonyl (C=O) groups is 2. The Morgan fingerprint density at radius 3 is 2.36 bits per heavy atom. The molecule has 0 bridgehead atoms. The van der Waals surface area contributed by atoms with Crippen LogP contribution in [0.15, 0.2) is 18.2 Å². The number of hydrogen-bond acceptors (Lipinski definition) is 2. The number of anilines is 1. The first-order valence-electron chi connectivity index (χ1n) is 6.25. The Morgan fingerprint density at radius 1 is 1.23 bits per heavy atom. The molecule has 9 heteroatoms. The standard InChI is InChI=1S/C13H11F5N2O2/c14-8-2-9(15)4-10(3-8)19-12(22)7-1-11(21)20(5-7)6-13(16,17)18/h2-4,7H,1,5-6H2,(H,19,22)/t7-/m0/s1. The van der Waals surface area contributed by atoms with E-state index in [0.29, 0.717) is 11.0 Å². The largest absolute Gasteiger partial charge is 0.406 e. The van der Waals surface area contributed by atoms with Crippen molar-refractivity contribution in [1.82, 2.24) is 4.90 Å². The van der Waals surface area contributed by atoms with Crippen molar-refractivity contribution in [3.05, 3.63) is 29.8 Å². The summed E-state index contributed by atoms with van der Waals surface area (Å²) in [5.74, 6) is -4.36. The molecule has 2 amide bonds. The van der Waals surface area contributed by atoms with Crippen LogP contribution in [0.4, 0.5) is 27.6 Å². The minimum Gasteiger partial charge on any atom is -0.333 e. The normalized spacial score (nSPS) is 18.7. The highest BCUT2D eigenvalue weighted by atomic mass is 19.4. The predicted octanol–water partition coefficient (Wildman–Crippen LogP) is 2.31. The van der Waals surface area contributed by atoms with Gasteiger partial charge in [0, 0.05) is 24.7 Å². The van der Waals surface area contributed by atoms with E-state index in [1.807, 2.05) is 0 Å². The SMILES string of the molecule is O=C(Nc1cc(F)cc(F)c1)[C@H]1CC(=O)N(CC(F)(F)F)C1. The maximum absolute atomic E-state index is 13.0. The molecule has 1 N–H and O–H groups in total. The van der Waals surface area contributed by atoms with Crippen molar-refractivity contribution in [3.63, 3.8) is 0 Å². The van der Waals surface area contributed by atoms with Gasteiger partial charge in [0.25, 0.3) is 0 Å². The van der Waals surface area contributed by atoms with Crippen molar-refractivity contribution in [1.29, 1.82) is 0 Å². The number of benzene rings is 1. The van der Waals surface area contributed by atoms with Crippen LogP contribution in [-0.4, -0.2) is 36.0 Å². The molecule has 0 aliphatic carbocycles. The number of nitrogens with one attached hydrogen (secondary N) is 1. The molecule has 1 aliphatic rings. The summed E-state index contributed by atoms with van der Waals surface area (Å²) in [6, 6.07) is 2.34. The fourth-order valence-corrected chi connectivity index (χ4v) is 2.19. The van der Waals surface area contributed by atoms with Gasteiger partial charge < -0.3 is 10.2 Å². The number of carbonyl (C=O) groups excluding carboxylic acids is 2. The van der Waals surface area contributed by atoms with Crippen LogP contribution in [0.25, 0.3) is 0 Å². The zero-order valence-corrected chi connectivity index (χ0v) is 11.1. The van der Waals surface area contributed by atoms with E-state index in [0.717, 1.165) is 12.1 Å². The molecular weight excluding hydrogens is 311 g/mol. The molecule has 2 rings (SSSR count). The zero-order valence-electron chi connectivity index (χ0n) is 11.1. The lowest BCUT2D eigenvalue weighted by molar-refractivity contribution is -0.157. The maximum Gasteiger partial charge on any atom is 0.406 e. The highest BCUT2D eigenvalue weighted by molar-refractivity contribution is 5.97. The summed E-state index contributed by atoms with van der Waals surface area (Å²) in [4.78, 5) is 23.9. The van der Waals surface area contributed by atoms with Gasteiger partial charge in [-0.15, -0.1) is 0 Å². The quantitative estimate of drug-likeness (QED) is 0.868. The summed E-state index contributed by atoms with van der Waals surface area (Å²) in [7, 11) is 0. The molecule has 1 heterocycles. The van der Waals surface area contributed by atoms with Crippen LogP contribution in [-0.2, 0) is 9.59 Å². The third kappa shape index (κ3) is 4.15. The molecule has 22 heavy (non-hydrogen) atoms. The minimum absolute atomic E-state index is 0.163. The lowest BCUT2D eigenvalue weighted by Crippen LogP contribution is -2.36. The molecular formula is C13H11F5N2O2. The van der Waals surface area contributed by atoms with E-state index in [2.05, 4.69) is 5.32 Å². The summed E-state index contributed by atoms with van der Waals surface area (Å²) < 4.78 is 62.8. The molecule has 1 atom stereocenters. The average molecular weight is 322 g/mol. The summed E-state index contributed by atoms with van der Waals surface area (Å²) in [5, 5.41) is 2.19. The van der Waals surface area contributed by atoms with Gasteiger partial charge in [-0.1, -0.05) is 0 Å². The number of halogens is 5. The van der Waals surface area contributed by atoms with Crippen molar-refractivity contribution in [2.75, 3.05) is 18.4 Å². The molecule has 4 nitrogen and oxygen atoms in total. The number of nitrogens with zero attached hydrogens (tertiary/aromatic N) is 1. The molecule has 0 saturated carbocycles. The van der Waals surface area contributed by atoms with Gasteiger partial charge in [0.2, 0.25) is 11.8 Å². The predicted molar refractivity (Wildman–Crippen MR) is 65.7 cm³/mol. The smallest absolute Gasteiger partial charge is 0.333 e. The first-order chi connectivity index (χ1) is 10.1. The van der Waals surface area contributed by atoms with Crippen molar-refractivity contribution in [3.8, 4) is 0 Å². The molecule has 120 valence electrons. The van der Waals surface area contributed by atoms with E-state index in [9.17, 15) is 31.5 Å². The van der Waals surface area contributed by atoms with E-state index >= 15 is 0 Å². The molecule has 1 aromatic rings. The van der Waals surface area contributed by atoms with Crippen molar-refractivity contribution < 1.29 is 31.5 Å².